The van der Waals surface area contributed by atoms with Gasteiger partial charge in [-0.25, -0.2) is 9.69 Å². The number of benzene rings is 2. The Balaban J connectivity index is 1.90. The number of nitrogens with zero attached hydrogens (tertiary/aromatic N) is 2. The molecule has 2 aromatic rings. The Morgan fingerprint density at radius 3 is 2.50 bits per heavy atom. The van der Waals surface area contributed by atoms with Gasteiger partial charge in [0.05, 0.1) is 11.4 Å². The molecule has 1 aliphatic rings. The van der Waals surface area contributed by atoms with E-state index in [2.05, 4.69) is 10.3 Å². The Morgan fingerprint density at radius 1 is 1.12 bits per heavy atom. The highest BCUT2D eigenvalue weighted by molar-refractivity contribution is 6.33. The first-order chi connectivity index (χ1) is 12.5. The molecule has 0 aromatic heterocycles. The van der Waals surface area contributed by atoms with Gasteiger partial charge in [-0.15, -0.1) is 0 Å². The van der Waals surface area contributed by atoms with E-state index in [1.165, 1.54) is 18.3 Å². The lowest BCUT2D eigenvalue weighted by Crippen LogP contribution is -2.58. The van der Waals surface area contributed by atoms with E-state index >= 15 is 0 Å². The molecular formula is C19H16ClN3O3. The van der Waals surface area contributed by atoms with Crippen LogP contribution in [0.3, 0.4) is 0 Å². The molecule has 1 aliphatic heterocycles. The monoisotopic (exact) mass is 369 g/mol. The first-order valence-electron chi connectivity index (χ1n) is 8.07. The van der Waals surface area contributed by atoms with E-state index in [9.17, 15) is 14.4 Å². The molecule has 4 amide bonds. The SMILES string of the molecule is CCc1ccccc1N=C[C@H]1C(=O)NC(=O)N(c2ccc(Cl)cc2)C1=O. The van der Waals surface area contributed by atoms with Crippen LogP contribution in [0.25, 0.3) is 0 Å². The molecule has 0 bridgehead atoms. The number of nitrogens with one attached hydrogen (secondary N) is 1. The molecule has 1 atom stereocenters. The lowest BCUT2D eigenvalue weighted by atomic mass is 10.1. The maximum Gasteiger partial charge on any atom is 0.335 e. The molecule has 7 heteroatoms. The summed E-state index contributed by atoms with van der Waals surface area (Å²) in [5.74, 6) is -2.53. The van der Waals surface area contributed by atoms with Crippen molar-refractivity contribution in [1.82, 2.24) is 5.32 Å². The largest absolute Gasteiger partial charge is 0.335 e. The molecule has 2 aromatic carbocycles. The number of imide groups is 2. The molecular weight excluding hydrogens is 354 g/mol. The molecule has 3 rings (SSSR count). The standard InChI is InChI=1S/C19H16ClN3O3/c1-2-12-5-3-4-6-16(12)21-11-15-17(24)22-19(26)23(18(15)25)14-9-7-13(20)8-10-14/h3-11,15H,2H2,1H3,(H,22,24,26)/t15-/m0/s1. The highest BCUT2D eigenvalue weighted by atomic mass is 35.5. The van der Waals surface area contributed by atoms with Crippen molar-refractivity contribution in [3.8, 4) is 0 Å². The van der Waals surface area contributed by atoms with E-state index in [1.54, 1.807) is 12.1 Å². The molecule has 1 heterocycles. The molecule has 1 fully saturated rings. The van der Waals surface area contributed by atoms with Gasteiger partial charge in [0.25, 0.3) is 5.91 Å². The summed E-state index contributed by atoms with van der Waals surface area (Å²) >= 11 is 5.84. The van der Waals surface area contributed by atoms with E-state index in [-0.39, 0.29) is 0 Å². The Bertz CT molecular complexity index is 893. The number of hydrogen-bond acceptors (Lipinski definition) is 4. The summed E-state index contributed by atoms with van der Waals surface area (Å²) in [7, 11) is 0. The number of carbonyl (C=O) groups is 3. The van der Waals surface area contributed by atoms with Crippen LogP contribution >= 0.6 is 11.6 Å². The van der Waals surface area contributed by atoms with E-state index in [0.717, 1.165) is 16.9 Å². The van der Waals surface area contributed by atoms with Crippen LogP contribution in [0.1, 0.15) is 12.5 Å². The normalized spacial score (nSPS) is 17.7. The van der Waals surface area contributed by atoms with Crippen LogP contribution in [0.15, 0.2) is 53.5 Å². The van der Waals surface area contributed by atoms with Gasteiger partial charge in [-0.3, -0.25) is 19.9 Å². The van der Waals surface area contributed by atoms with Crippen LogP contribution in [0.2, 0.25) is 5.02 Å². The minimum Gasteiger partial charge on any atom is -0.276 e. The molecule has 0 unspecified atom stereocenters. The van der Waals surface area contributed by atoms with Crippen LogP contribution in [-0.2, 0) is 16.0 Å². The number of halogens is 1. The molecule has 1 N–H and O–H groups in total. The van der Waals surface area contributed by atoms with Crippen molar-refractivity contribution in [2.75, 3.05) is 4.90 Å². The zero-order valence-electron chi connectivity index (χ0n) is 14.0. The van der Waals surface area contributed by atoms with Crippen LogP contribution in [0.5, 0.6) is 0 Å². The molecule has 132 valence electrons. The third-order valence-corrected chi connectivity index (χ3v) is 4.27. The second-order valence-electron chi connectivity index (χ2n) is 5.68. The third kappa shape index (κ3) is 3.50. The summed E-state index contributed by atoms with van der Waals surface area (Å²) in [6, 6.07) is 12.9. The number of aliphatic imine (C=N–C) groups is 1. The van der Waals surface area contributed by atoms with Crippen molar-refractivity contribution in [2.45, 2.75) is 13.3 Å². The molecule has 1 saturated heterocycles. The number of barbiturate groups is 1. The number of amides is 4. The van der Waals surface area contributed by atoms with Crippen molar-refractivity contribution in [3.63, 3.8) is 0 Å². The number of anilines is 1. The zero-order chi connectivity index (χ0) is 18.7. The lowest BCUT2D eigenvalue weighted by molar-refractivity contribution is -0.131. The highest BCUT2D eigenvalue weighted by Gasteiger charge is 2.40. The van der Waals surface area contributed by atoms with Gasteiger partial charge in [-0.1, -0.05) is 36.7 Å². The van der Waals surface area contributed by atoms with Crippen molar-refractivity contribution < 1.29 is 14.4 Å². The predicted octanol–water partition coefficient (Wildman–Crippen LogP) is 3.50. The maximum absolute atomic E-state index is 12.7. The number of para-hydroxylation sites is 1. The molecule has 0 radical (unpaired) electrons. The molecule has 0 saturated carbocycles. The molecule has 26 heavy (non-hydrogen) atoms. The van der Waals surface area contributed by atoms with Gasteiger partial charge in [0.15, 0.2) is 5.92 Å². The zero-order valence-corrected chi connectivity index (χ0v) is 14.7. The average molecular weight is 370 g/mol. The Labute approximate surface area is 155 Å². The van der Waals surface area contributed by atoms with Gasteiger partial charge in [-0.2, -0.15) is 0 Å². The lowest BCUT2D eigenvalue weighted by Gasteiger charge is -2.28. The van der Waals surface area contributed by atoms with Crippen molar-refractivity contribution in [2.24, 2.45) is 10.9 Å². The summed E-state index contributed by atoms with van der Waals surface area (Å²) in [5, 5.41) is 2.67. The Morgan fingerprint density at radius 2 is 1.81 bits per heavy atom. The fraction of sp³-hybridized carbons (Fsp3) is 0.158. The minimum absolute atomic E-state index is 0.330. The fourth-order valence-corrected chi connectivity index (χ4v) is 2.77. The number of hydrogen-bond donors (Lipinski definition) is 1. The van der Waals surface area contributed by atoms with Gasteiger partial charge >= 0.3 is 6.03 Å². The van der Waals surface area contributed by atoms with Crippen LogP contribution in [0.4, 0.5) is 16.2 Å². The summed E-state index contributed by atoms with van der Waals surface area (Å²) < 4.78 is 0. The van der Waals surface area contributed by atoms with Crippen molar-refractivity contribution in [3.05, 3.63) is 59.1 Å². The summed E-state index contributed by atoms with van der Waals surface area (Å²) in [4.78, 5) is 42.2. The quantitative estimate of drug-likeness (QED) is 0.661. The summed E-state index contributed by atoms with van der Waals surface area (Å²) in [5.41, 5.74) is 2.01. The van der Waals surface area contributed by atoms with Crippen molar-refractivity contribution >= 4 is 47.0 Å². The first kappa shape index (κ1) is 17.8. The fourth-order valence-electron chi connectivity index (χ4n) is 2.65. The van der Waals surface area contributed by atoms with Gasteiger partial charge in [0, 0.05) is 11.2 Å². The second kappa shape index (κ2) is 7.49. The van der Waals surface area contributed by atoms with Gasteiger partial charge < -0.3 is 0 Å². The Kier molecular flexibility index (Phi) is 5.14. The minimum atomic E-state index is -1.19. The van der Waals surface area contributed by atoms with E-state index in [4.69, 9.17) is 11.6 Å². The van der Waals surface area contributed by atoms with Crippen LogP contribution < -0.4 is 10.2 Å². The maximum atomic E-state index is 12.7. The molecule has 6 nitrogen and oxygen atoms in total. The van der Waals surface area contributed by atoms with Crippen molar-refractivity contribution in [1.29, 1.82) is 0 Å². The number of carbonyl (C=O) groups excluding carboxylic acids is 3. The first-order valence-corrected chi connectivity index (χ1v) is 8.45. The number of aryl methyl sites for hydroxylation is 1. The Hall–Kier alpha value is -2.99. The smallest absolute Gasteiger partial charge is 0.276 e. The second-order valence-corrected chi connectivity index (χ2v) is 6.12. The average Bonchev–Trinajstić information content (AvgIpc) is 2.63. The van der Waals surface area contributed by atoms with Gasteiger partial charge in [-0.05, 0) is 42.3 Å². The van der Waals surface area contributed by atoms with Gasteiger partial charge in [0.1, 0.15) is 0 Å². The topological polar surface area (TPSA) is 78.8 Å². The van der Waals surface area contributed by atoms with Gasteiger partial charge in [0.2, 0.25) is 5.91 Å². The van der Waals surface area contributed by atoms with E-state index in [1.807, 2.05) is 31.2 Å². The third-order valence-electron chi connectivity index (χ3n) is 4.02. The highest BCUT2D eigenvalue weighted by Crippen LogP contribution is 2.23. The number of rotatable bonds is 4. The van der Waals surface area contributed by atoms with E-state index in [0.29, 0.717) is 16.4 Å². The molecule has 0 aliphatic carbocycles. The van der Waals surface area contributed by atoms with Crippen LogP contribution in [-0.4, -0.2) is 24.1 Å². The number of urea groups is 1. The molecule has 0 spiro atoms. The summed E-state index contributed by atoms with van der Waals surface area (Å²) in [6.45, 7) is 1.99. The van der Waals surface area contributed by atoms with Crippen LogP contribution in [0, 0.1) is 5.92 Å². The van der Waals surface area contributed by atoms with E-state index < -0.39 is 23.8 Å². The summed E-state index contributed by atoms with van der Waals surface area (Å²) in [6.07, 6.45) is 2.05. The predicted molar refractivity (Wildman–Crippen MR) is 99.9 cm³/mol.